The summed E-state index contributed by atoms with van der Waals surface area (Å²) < 4.78 is 7.37. The van der Waals surface area contributed by atoms with Crippen molar-refractivity contribution in [2.75, 3.05) is 19.6 Å². The summed E-state index contributed by atoms with van der Waals surface area (Å²) in [5.74, 6) is 0.865. The third-order valence-corrected chi connectivity index (χ3v) is 5.51. The monoisotopic (exact) mass is 399 g/mol. The van der Waals surface area contributed by atoms with Crippen LogP contribution in [0, 0.1) is 11.3 Å². The number of piperidine rings is 1. The molecule has 1 fully saturated rings. The minimum atomic E-state index is 0.382. The molecule has 30 heavy (non-hydrogen) atoms. The number of likely N-dealkylation sites (tertiary alicyclic amines) is 1. The normalized spacial score (nSPS) is 14.8. The molecule has 0 unspecified atom stereocenters. The van der Waals surface area contributed by atoms with Gasteiger partial charge in [-0.1, -0.05) is 22.9 Å². The fourth-order valence-corrected chi connectivity index (χ4v) is 3.88. The van der Waals surface area contributed by atoms with Crippen molar-refractivity contribution in [3.05, 3.63) is 48.0 Å². The second kappa shape index (κ2) is 8.05. The van der Waals surface area contributed by atoms with Crippen LogP contribution in [-0.4, -0.2) is 49.7 Å². The zero-order chi connectivity index (χ0) is 20.3. The van der Waals surface area contributed by atoms with Crippen LogP contribution < -0.4 is 0 Å². The van der Waals surface area contributed by atoms with E-state index in [4.69, 9.17) is 9.78 Å². The molecule has 4 aromatic rings. The Balaban J connectivity index is 1.35. The van der Waals surface area contributed by atoms with E-state index in [2.05, 4.69) is 31.4 Å². The van der Waals surface area contributed by atoms with Crippen LogP contribution in [0.5, 0.6) is 0 Å². The van der Waals surface area contributed by atoms with E-state index < -0.39 is 0 Å². The Morgan fingerprint density at radius 1 is 1.00 bits per heavy atom. The molecule has 2 aromatic carbocycles. The van der Waals surface area contributed by atoms with Crippen LogP contribution in [0.2, 0.25) is 0 Å². The summed E-state index contributed by atoms with van der Waals surface area (Å²) >= 11 is 0. The molecule has 1 saturated heterocycles. The van der Waals surface area contributed by atoms with Crippen molar-refractivity contribution in [1.29, 1.82) is 5.26 Å². The first kappa shape index (κ1) is 18.5. The SMILES string of the molecule is N#Cc1cccc(-c2nc(-c3ccc4c(c3)nnn4CCN3CCCCC3)no2)c1. The molecular weight excluding hydrogens is 378 g/mol. The summed E-state index contributed by atoms with van der Waals surface area (Å²) in [7, 11) is 0. The highest BCUT2D eigenvalue weighted by Gasteiger charge is 2.14. The number of fused-ring (bicyclic) bond motifs is 1. The van der Waals surface area contributed by atoms with E-state index >= 15 is 0 Å². The van der Waals surface area contributed by atoms with Crippen LogP contribution in [0.4, 0.5) is 0 Å². The van der Waals surface area contributed by atoms with Gasteiger partial charge in [-0.2, -0.15) is 10.2 Å². The molecule has 0 bridgehead atoms. The average Bonchev–Trinajstić information content (AvgIpc) is 3.45. The first-order chi connectivity index (χ1) is 14.8. The Kier molecular flexibility index (Phi) is 4.95. The van der Waals surface area contributed by atoms with Crippen molar-refractivity contribution in [2.24, 2.45) is 0 Å². The lowest BCUT2D eigenvalue weighted by Crippen LogP contribution is -2.32. The number of nitriles is 1. The highest BCUT2D eigenvalue weighted by atomic mass is 16.5. The van der Waals surface area contributed by atoms with Gasteiger partial charge in [-0.25, -0.2) is 4.68 Å². The molecule has 0 atom stereocenters. The highest BCUT2D eigenvalue weighted by molar-refractivity contribution is 5.80. The molecule has 3 heterocycles. The van der Waals surface area contributed by atoms with Crippen LogP contribution >= 0.6 is 0 Å². The Morgan fingerprint density at radius 3 is 2.77 bits per heavy atom. The van der Waals surface area contributed by atoms with Gasteiger partial charge in [-0.15, -0.1) is 5.10 Å². The maximum atomic E-state index is 9.07. The number of aromatic nitrogens is 5. The summed E-state index contributed by atoms with van der Waals surface area (Å²) in [6.45, 7) is 4.18. The van der Waals surface area contributed by atoms with Crippen LogP contribution in [-0.2, 0) is 6.54 Å². The van der Waals surface area contributed by atoms with E-state index in [1.807, 2.05) is 28.9 Å². The van der Waals surface area contributed by atoms with Crippen LogP contribution in [0.1, 0.15) is 24.8 Å². The Hall–Kier alpha value is -3.57. The zero-order valence-corrected chi connectivity index (χ0v) is 16.5. The van der Waals surface area contributed by atoms with Gasteiger partial charge in [0.2, 0.25) is 5.82 Å². The lowest BCUT2D eigenvalue weighted by atomic mass is 10.1. The van der Waals surface area contributed by atoms with Crippen molar-refractivity contribution in [3.8, 4) is 28.9 Å². The van der Waals surface area contributed by atoms with Crippen molar-refractivity contribution in [3.63, 3.8) is 0 Å². The Labute approximate surface area is 173 Å². The molecule has 0 saturated carbocycles. The molecule has 5 rings (SSSR count). The quantitative estimate of drug-likeness (QED) is 0.506. The first-order valence-electron chi connectivity index (χ1n) is 10.2. The third kappa shape index (κ3) is 3.67. The summed E-state index contributed by atoms with van der Waals surface area (Å²) in [5, 5.41) is 21.8. The maximum absolute atomic E-state index is 9.07. The molecule has 0 aliphatic carbocycles. The zero-order valence-electron chi connectivity index (χ0n) is 16.5. The topological polar surface area (TPSA) is 96.7 Å². The van der Waals surface area contributed by atoms with Gasteiger partial charge in [0.25, 0.3) is 5.89 Å². The van der Waals surface area contributed by atoms with Crippen LogP contribution in [0.3, 0.4) is 0 Å². The van der Waals surface area contributed by atoms with Gasteiger partial charge < -0.3 is 9.42 Å². The van der Waals surface area contributed by atoms with E-state index in [-0.39, 0.29) is 0 Å². The van der Waals surface area contributed by atoms with Crippen molar-refractivity contribution < 1.29 is 4.52 Å². The number of benzene rings is 2. The molecule has 2 aromatic heterocycles. The standard InChI is InChI=1S/C22H21N7O/c23-15-16-5-4-6-18(13-16)22-24-21(26-30-22)17-7-8-20-19(14-17)25-27-29(20)12-11-28-9-2-1-3-10-28/h4-8,13-14H,1-3,9-12H2. The fraction of sp³-hybridized carbons (Fsp3) is 0.318. The summed E-state index contributed by atoms with van der Waals surface area (Å²) in [5.41, 5.74) is 3.90. The minimum Gasteiger partial charge on any atom is -0.334 e. The predicted octanol–water partition coefficient (Wildman–Crippen LogP) is 3.51. The molecule has 0 amide bonds. The molecule has 1 aliphatic rings. The number of nitrogens with zero attached hydrogens (tertiary/aromatic N) is 7. The third-order valence-electron chi connectivity index (χ3n) is 5.51. The minimum absolute atomic E-state index is 0.382. The second-order valence-corrected chi connectivity index (χ2v) is 7.53. The van der Waals surface area contributed by atoms with Crippen molar-refractivity contribution >= 4 is 11.0 Å². The first-order valence-corrected chi connectivity index (χ1v) is 10.2. The van der Waals surface area contributed by atoms with Crippen LogP contribution in [0.25, 0.3) is 33.9 Å². The van der Waals surface area contributed by atoms with Gasteiger partial charge in [0.1, 0.15) is 5.52 Å². The molecule has 8 nitrogen and oxygen atoms in total. The average molecular weight is 399 g/mol. The van der Waals surface area contributed by atoms with Gasteiger partial charge in [-0.05, 0) is 62.3 Å². The lowest BCUT2D eigenvalue weighted by molar-refractivity contribution is 0.218. The Bertz CT molecular complexity index is 1210. The maximum Gasteiger partial charge on any atom is 0.258 e. The molecule has 8 heteroatoms. The molecule has 0 radical (unpaired) electrons. The van der Waals surface area contributed by atoms with E-state index in [0.717, 1.165) is 35.2 Å². The fourth-order valence-electron chi connectivity index (χ4n) is 3.88. The van der Waals surface area contributed by atoms with Crippen LogP contribution in [0.15, 0.2) is 47.0 Å². The number of hydrogen-bond donors (Lipinski definition) is 0. The van der Waals surface area contributed by atoms with E-state index in [1.54, 1.807) is 18.2 Å². The lowest BCUT2D eigenvalue weighted by Gasteiger charge is -2.26. The summed E-state index contributed by atoms with van der Waals surface area (Å²) in [6, 6.07) is 15.1. The van der Waals surface area contributed by atoms with E-state index in [9.17, 15) is 0 Å². The molecule has 0 N–H and O–H groups in total. The number of hydrogen-bond acceptors (Lipinski definition) is 7. The van der Waals surface area contributed by atoms with Crippen molar-refractivity contribution in [2.45, 2.75) is 25.8 Å². The molecule has 0 spiro atoms. The largest absolute Gasteiger partial charge is 0.334 e. The van der Waals surface area contributed by atoms with Gasteiger partial charge in [0.05, 0.1) is 23.7 Å². The molecular formula is C22H21N7O. The second-order valence-electron chi connectivity index (χ2n) is 7.53. The number of rotatable bonds is 5. The van der Waals surface area contributed by atoms with E-state index in [1.165, 1.54) is 32.4 Å². The van der Waals surface area contributed by atoms with Crippen molar-refractivity contribution in [1.82, 2.24) is 30.0 Å². The van der Waals surface area contributed by atoms with Gasteiger partial charge in [0.15, 0.2) is 0 Å². The molecule has 150 valence electrons. The smallest absolute Gasteiger partial charge is 0.258 e. The van der Waals surface area contributed by atoms with Gasteiger partial charge >= 0.3 is 0 Å². The van der Waals surface area contributed by atoms with Gasteiger partial charge in [-0.3, -0.25) is 0 Å². The highest BCUT2D eigenvalue weighted by Crippen LogP contribution is 2.25. The predicted molar refractivity (Wildman–Crippen MR) is 111 cm³/mol. The van der Waals surface area contributed by atoms with Gasteiger partial charge in [0, 0.05) is 17.7 Å². The summed E-state index contributed by atoms with van der Waals surface area (Å²) in [6.07, 6.45) is 3.91. The molecule has 1 aliphatic heterocycles. The van der Waals surface area contributed by atoms with E-state index in [0.29, 0.717) is 17.3 Å². The Morgan fingerprint density at radius 2 is 1.90 bits per heavy atom. The summed E-state index contributed by atoms with van der Waals surface area (Å²) in [4.78, 5) is 6.98.